The lowest BCUT2D eigenvalue weighted by atomic mass is 10.2. The number of hydrogen-bond donors (Lipinski definition) is 1. The molecule has 1 N–H and O–H groups in total. The van der Waals surface area contributed by atoms with Crippen LogP contribution >= 0.6 is 0 Å². The Morgan fingerprint density at radius 1 is 1.15 bits per heavy atom. The molecule has 0 heterocycles. The van der Waals surface area contributed by atoms with Crippen LogP contribution in [0.1, 0.15) is 56.8 Å². The molecule has 0 radical (unpaired) electrons. The van der Waals surface area contributed by atoms with Crippen LogP contribution in [0.4, 0.5) is 0 Å². The highest BCUT2D eigenvalue weighted by Crippen LogP contribution is 2.29. The molecule has 0 spiro atoms. The molecule has 26 heavy (non-hydrogen) atoms. The van der Waals surface area contributed by atoms with E-state index in [4.69, 9.17) is 14.2 Å². The molecule has 6 nitrogen and oxygen atoms in total. The van der Waals surface area contributed by atoms with Crippen molar-refractivity contribution in [3.63, 3.8) is 0 Å². The van der Waals surface area contributed by atoms with Gasteiger partial charge in [-0.05, 0) is 43.9 Å². The molecule has 0 bridgehead atoms. The maximum absolute atomic E-state index is 12.2. The number of amides is 1. The molecular weight excluding hydrogens is 334 g/mol. The zero-order chi connectivity index (χ0) is 18.9. The molecule has 0 aromatic heterocycles. The summed E-state index contributed by atoms with van der Waals surface area (Å²) in [5, 5.41) is 2.89. The molecule has 0 aliphatic heterocycles. The molecular formula is C20H29NO5. The fourth-order valence-electron chi connectivity index (χ4n) is 2.83. The molecule has 1 aromatic carbocycles. The van der Waals surface area contributed by atoms with Gasteiger partial charge in [0.2, 0.25) is 0 Å². The molecule has 1 aliphatic rings. The summed E-state index contributed by atoms with van der Waals surface area (Å²) in [6, 6.07) is 5.12. The topological polar surface area (TPSA) is 73.9 Å². The number of hydrogen-bond acceptors (Lipinski definition) is 5. The van der Waals surface area contributed by atoms with Gasteiger partial charge in [-0.2, -0.15) is 0 Å². The van der Waals surface area contributed by atoms with Gasteiger partial charge in [0, 0.05) is 6.04 Å². The Balaban J connectivity index is 1.92. The molecule has 144 valence electrons. The molecule has 0 saturated heterocycles. The van der Waals surface area contributed by atoms with Crippen molar-refractivity contribution in [2.75, 3.05) is 19.8 Å². The Kier molecular flexibility index (Phi) is 7.75. The van der Waals surface area contributed by atoms with E-state index in [-0.39, 0.29) is 18.6 Å². The summed E-state index contributed by atoms with van der Waals surface area (Å²) < 4.78 is 16.4. The van der Waals surface area contributed by atoms with E-state index in [1.165, 1.54) is 0 Å². The predicted molar refractivity (Wildman–Crippen MR) is 98.6 cm³/mol. The molecule has 1 amide bonds. The van der Waals surface area contributed by atoms with Crippen LogP contribution in [0.15, 0.2) is 18.2 Å². The van der Waals surface area contributed by atoms with Crippen LogP contribution in [0.25, 0.3) is 0 Å². The first-order chi connectivity index (χ1) is 12.5. The second kappa shape index (κ2) is 10.0. The van der Waals surface area contributed by atoms with Gasteiger partial charge < -0.3 is 19.5 Å². The van der Waals surface area contributed by atoms with E-state index < -0.39 is 5.97 Å². The first-order valence-electron chi connectivity index (χ1n) is 9.35. The van der Waals surface area contributed by atoms with Crippen molar-refractivity contribution >= 4 is 11.9 Å². The number of ether oxygens (including phenoxy) is 3. The van der Waals surface area contributed by atoms with Crippen LogP contribution in [0.2, 0.25) is 0 Å². The average molecular weight is 363 g/mol. The second-order valence-corrected chi connectivity index (χ2v) is 6.92. The van der Waals surface area contributed by atoms with Gasteiger partial charge in [0.1, 0.15) is 0 Å². The van der Waals surface area contributed by atoms with Gasteiger partial charge in [-0.1, -0.05) is 26.7 Å². The van der Waals surface area contributed by atoms with Gasteiger partial charge in [0.25, 0.3) is 5.91 Å². The molecule has 2 rings (SSSR count). The highest BCUT2D eigenvalue weighted by Gasteiger charge is 2.19. The van der Waals surface area contributed by atoms with Gasteiger partial charge >= 0.3 is 5.97 Å². The van der Waals surface area contributed by atoms with Crippen molar-refractivity contribution < 1.29 is 23.8 Å². The lowest BCUT2D eigenvalue weighted by Crippen LogP contribution is -2.35. The Bertz CT molecular complexity index is 608. The quantitative estimate of drug-likeness (QED) is 0.681. The zero-order valence-corrected chi connectivity index (χ0v) is 15.9. The number of esters is 1. The minimum atomic E-state index is -0.553. The van der Waals surface area contributed by atoms with Crippen LogP contribution in [0.5, 0.6) is 11.5 Å². The Hall–Kier alpha value is -2.24. The number of carbonyl (C=O) groups is 2. The summed E-state index contributed by atoms with van der Waals surface area (Å²) in [5.41, 5.74) is 0.332. The van der Waals surface area contributed by atoms with Gasteiger partial charge in [-0.3, -0.25) is 4.79 Å². The van der Waals surface area contributed by atoms with Crippen molar-refractivity contribution in [2.45, 2.75) is 52.5 Å². The monoisotopic (exact) mass is 363 g/mol. The smallest absolute Gasteiger partial charge is 0.338 e. The van der Waals surface area contributed by atoms with Gasteiger partial charge in [-0.15, -0.1) is 0 Å². The lowest BCUT2D eigenvalue weighted by Gasteiger charge is -2.15. The summed E-state index contributed by atoms with van der Waals surface area (Å²) in [7, 11) is 0. The van der Waals surface area contributed by atoms with Crippen LogP contribution < -0.4 is 14.8 Å². The van der Waals surface area contributed by atoms with E-state index >= 15 is 0 Å². The summed E-state index contributed by atoms with van der Waals surface area (Å²) in [5.74, 6) is 0.664. The van der Waals surface area contributed by atoms with Crippen molar-refractivity contribution in [3.8, 4) is 11.5 Å². The number of nitrogens with one attached hydrogen (secondary N) is 1. The van der Waals surface area contributed by atoms with Crippen LogP contribution in [-0.4, -0.2) is 37.7 Å². The number of carbonyl (C=O) groups excluding carboxylic acids is 2. The third-order valence-electron chi connectivity index (χ3n) is 4.11. The Morgan fingerprint density at radius 3 is 2.54 bits per heavy atom. The highest BCUT2D eigenvalue weighted by atomic mass is 16.5. The molecule has 0 atom stereocenters. The predicted octanol–water partition coefficient (Wildman–Crippen LogP) is 3.34. The Labute approximate surface area is 155 Å². The van der Waals surface area contributed by atoms with Gasteiger partial charge in [0.15, 0.2) is 18.1 Å². The standard InChI is InChI=1S/C20H29NO5/c1-4-24-18-11-15(9-10-17(18)25-12-14(2)3)20(23)26-13-19(22)21-16-7-5-6-8-16/h9-11,14,16H,4-8,12-13H2,1-3H3,(H,21,22). The third kappa shape index (κ3) is 6.24. The van der Waals surface area contributed by atoms with Crippen molar-refractivity contribution in [1.29, 1.82) is 0 Å². The van der Waals surface area contributed by atoms with Crippen molar-refractivity contribution in [3.05, 3.63) is 23.8 Å². The van der Waals surface area contributed by atoms with Gasteiger partial charge in [0.05, 0.1) is 18.8 Å². The van der Waals surface area contributed by atoms with Crippen LogP contribution in [0.3, 0.4) is 0 Å². The number of rotatable bonds is 9. The summed E-state index contributed by atoms with van der Waals surface area (Å²) >= 11 is 0. The molecule has 1 fully saturated rings. The fraction of sp³-hybridized carbons (Fsp3) is 0.600. The summed E-state index contributed by atoms with van der Waals surface area (Å²) in [4.78, 5) is 24.1. The molecule has 1 aromatic rings. The van der Waals surface area contributed by atoms with E-state index in [0.717, 1.165) is 25.7 Å². The first kappa shape index (κ1) is 20.1. The molecule has 0 unspecified atom stereocenters. The van der Waals surface area contributed by atoms with Crippen molar-refractivity contribution in [2.24, 2.45) is 5.92 Å². The van der Waals surface area contributed by atoms with Crippen molar-refractivity contribution in [1.82, 2.24) is 5.32 Å². The summed E-state index contributed by atoms with van der Waals surface area (Å²) in [6.07, 6.45) is 4.26. The molecule has 1 aliphatic carbocycles. The minimum absolute atomic E-state index is 0.211. The first-order valence-corrected chi connectivity index (χ1v) is 9.35. The van der Waals surface area contributed by atoms with E-state index in [0.29, 0.717) is 36.2 Å². The fourth-order valence-corrected chi connectivity index (χ4v) is 2.83. The molecule has 1 saturated carbocycles. The third-order valence-corrected chi connectivity index (χ3v) is 4.11. The van der Waals surface area contributed by atoms with Gasteiger partial charge in [-0.25, -0.2) is 4.79 Å². The zero-order valence-electron chi connectivity index (χ0n) is 15.9. The molecule has 6 heteroatoms. The highest BCUT2D eigenvalue weighted by molar-refractivity contribution is 5.92. The van der Waals surface area contributed by atoms with E-state index in [9.17, 15) is 9.59 Å². The Morgan fingerprint density at radius 2 is 1.88 bits per heavy atom. The largest absolute Gasteiger partial charge is 0.490 e. The van der Waals surface area contributed by atoms with Crippen LogP contribution in [-0.2, 0) is 9.53 Å². The second-order valence-electron chi connectivity index (χ2n) is 6.92. The summed E-state index contributed by atoms with van der Waals surface area (Å²) in [6.45, 7) is 6.73. The van der Waals surface area contributed by atoms with E-state index in [1.54, 1.807) is 18.2 Å². The SMILES string of the molecule is CCOc1cc(C(=O)OCC(=O)NC2CCCC2)ccc1OCC(C)C. The van der Waals surface area contributed by atoms with Crippen LogP contribution in [0, 0.1) is 5.92 Å². The maximum Gasteiger partial charge on any atom is 0.338 e. The minimum Gasteiger partial charge on any atom is -0.490 e. The van der Waals surface area contributed by atoms with E-state index in [1.807, 2.05) is 6.92 Å². The number of benzene rings is 1. The lowest BCUT2D eigenvalue weighted by molar-refractivity contribution is -0.124. The maximum atomic E-state index is 12.2. The van der Waals surface area contributed by atoms with E-state index in [2.05, 4.69) is 19.2 Å². The normalized spacial score (nSPS) is 14.3. The average Bonchev–Trinajstić information content (AvgIpc) is 3.11.